The van der Waals surface area contributed by atoms with Crippen LogP contribution < -0.4 is 5.32 Å². The third-order valence-corrected chi connectivity index (χ3v) is 4.69. The summed E-state index contributed by atoms with van der Waals surface area (Å²) in [6.45, 7) is 7.86. The number of nitrogens with zero attached hydrogens (tertiary/aromatic N) is 2. The van der Waals surface area contributed by atoms with Gasteiger partial charge < -0.3 is 5.32 Å². The number of aryl methyl sites for hydroxylation is 1. The lowest BCUT2D eigenvalue weighted by Gasteiger charge is -2.19. The number of aromatic nitrogens is 2. The second kappa shape index (κ2) is 5.65. The van der Waals surface area contributed by atoms with Crippen LogP contribution in [0.4, 0.5) is 0 Å². The van der Waals surface area contributed by atoms with Crippen LogP contribution in [0.25, 0.3) is 15.9 Å². The van der Waals surface area contributed by atoms with Gasteiger partial charge in [0.15, 0.2) is 0 Å². The Morgan fingerprint density at radius 1 is 1.26 bits per heavy atom. The van der Waals surface area contributed by atoms with Crippen molar-refractivity contribution in [3.63, 3.8) is 0 Å². The van der Waals surface area contributed by atoms with E-state index >= 15 is 0 Å². The average Bonchev–Trinajstić information content (AvgIpc) is 2.99. The number of thiophene rings is 1. The Labute approximate surface area is 144 Å². The van der Waals surface area contributed by atoms with Crippen molar-refractivity contribution < 1.29 is 4.79 Å². The van der Waals surface area contributed by atoms with Gasteiger partial charge in [0.25, 0.3) is 5.91 Å². The molecule has 0 unspecified atom stereocenters. The van der Waals surface area contributed by atoms with Crippen LogP contribution in [0.1, 0.15) is 36.1 Å². The topological polar surface area (TPSA) is 46.9 Å². The first-order chi connectivity index (χ1) is 10.7. The molecule has 2 heterocycles. The molecule has 6 heteroatoms. The first kappa shape index (κ1) is 16.0. The molecule has 2 aromatic heterocycles. The maximum Gasteiger partial charge on any atom is 0.261 e. The minimum atomic E-state index is -0.259. The molecule has 4 nitrogen and oxygen atoms in total. The number of carbonyl (C=O) groups excluding carboxylic acids is 1. The second-order valence-electron chi connectivity index (χ2n) is 6.51. The van der Waals surface area contributed by atoms with Crippen molar-refractivity contribution in [2.45, 2.75) is 33.2 Å². The highest BCUT2D eigenvalue weighted by atomic mass is 35.5. The zero-order valence-corrected chi connectivity index (χ0v) is 15.0. The molecule has 0 spiro atoms. The summed E-state index contributed by atoms with van der Waals surface area (Å²) in [5, 5.41) is 9.26. The molecule has 0 fully saturated rings. The first-order valence-corrected chi connectivity index (χ1v) is 8.52. The van der Waals surface area contributed by atoms with Gasteiger partial charge in [-0.2, -0.15) is 5.10 Å². The normalized spacial score (nSPS) is 11.9. The van der Waals surface area contributed by atoms with Crippen LogP contribution in [-0.2, 0) is 0 Å². The Bertz CT molecular complexity index is 872. The maximum atomic E-state index is 12.4. The molecule has 1 aromatic carbocycles. The number of carbonyl (C=O) groups is 1. The summed E-state index contributed by atoms with van der Waals surface area (Å²) < 4.78 is 1.86. The lowest BCUT2D eigenvalue weighted by atomic mass is 10.1. The predicted octanol–water partition coefficient (Wildman–Crippen LogP) is 4.58. The van der Waals surface area contributed by atoms with Crippen molar-refractivity contribution >= 4 is 39.1 Å². The number of hydrogen-bond donors (Lipinski definition) is 1. The Morgan fingerprint density at radius 3 is 2.52 bits per heavy atom. The van der Waals surface area contributed by atoms with Crippen LogP contribution in [-0.4, -0.2) is 21.2 Å². The fourth-order valence-electron chi connectivity index (χ4n) is 2.32. The molecule has 1 N–H and O–H groups in total. The van der Waals surface area contributed by atoms with E-state index in [2.05, 4.69) is 10.4 Å². The molecule has 0 aliphatic carbocycles. The Hall–Kier alpha value is -1.85. The molecule has 3 aromatic rings. The van der Waals surface area contributed by atoms with Crippen LogP contribution in [0, 0.1) is 6.92 Å². The molecule has 0 aliphatic rings. The third kappa shape index (κ3) is 3.26. The van der Waals surface area contributed by atoms with E-state index in [0.717, 1.165) is 21.6 Å². The Morgan fingerprint density at radius 2 is 1.91 bits per heavy atom. The fraction of sp³-hybridized carbons (Fsp3) is 0.294. The van der Waals surface area contributed by atoms with Crippen molar-refractivity contribution in [1.29, 1.82) is 0 Å². The number of fused-ring (bicyclic) bond motifs is 1. The van der Waals surface area contributed by atoms with E-state index in [1.807, 2.05) is 62.7 Å². The molecular formula is C17H18ClN3OS. The van der Waals surface area contributed by atoms with Gasteiger partial charge in [-0.15, -0.1) is 11.3 Å². The molecule has 1 amide bonds. The fourth-order valence-corrected chi connectivity index (χ4v) is 3.52. The van der Waals surface area contributed by atoms with Crippen LogP contribution in [0.15, 0.2) is 30.3 Å². The van der Waals surface area contributed by atoms with E-state index in [4.69, 9.17) is 11.6 Å². The SMILES string of the molecule is Cc1nn(-c2ccc(Cl)cc2)c2sc(C(=O)NC(C)(C)C)cc12. The van der Waals surface area contributed by atoms with E-state index in [0.29, 0.717) is 9.90 Å². The summed E-state index contributed by atoms with van der Waals surface area (Å²) in [5.74, 6) is -0.0549. The summed E-state index contributed by atoms with van der Waals surface area (Å²) in [5.41, 5.74) is 1.57. The maximum absolute atomic E-state index is 12.4. The second-order valence-corrected chi connectivity index (χ2v) is 7.97. The summed E-state index contributed by atoms with van der Waals surface area (Å²) in [6.07, 6.45) is 0. The monoisotopic (exact) mass is 347 g/mol. The van der Waals surface area contributed by atoms with Crippen molar-refractivity contribution in [3.8, 4) is 5.69 Å². The van der Waals surface area contributed by atoms with Gasteiger partial charge in [-0.1, -0.05) is 11.6 Å². The van der Waals surface area contributed by atoms with Crippen molar-refractivity contribution in [1.82, 2.24) is 15.1 Å². The molecule has 120 valence electrons. The molecule has 0 aliphatic heterocycles. The molecule has 0 radical (unpaired) electrons. The van der Waals surface area contributed by atoms with Crippen molar-refractivity contribution in [2.75, 3.05) is 0 Å². The minimum absolute atomic E-state index is 0.0549. The van der Waals surface area contributed by atoms with Gasteiger partial charge in [0.05, 0.1) is 16.3 Å². The quantitative estimate of drug-likeness (QED) is 0.737. The number of nitrogens with one attached hydrogen (secondary N) is 1. The zero-order valence-electron chi connectivity index (χ0n) is 13.5. The van der Waals surface area contributed by atoms with Crippen LogP contribution in [0.2, 0.25) is 5.02 Å². The number of rotatable bonds is 2. The van der Waals surface area contributed by atoms with Crippen LogP contribution >= 0.6 is 22.9 Å². The van der Waals surface area contributed by atoms with Gasteiger partial charge in [-0.25, -0.2) is 4.68 Å². The molecule has 0 atom stereocenters. The standard InChI is InChI=1S/C17H18ClN3OS/c1-10-13-9-14(15(22)19-17(2,3)4)23-16(13)21(20-10)12-7-5-11(18)6-8-12/h5-9H,1-4H3,(H,19,22). The molecule has 3 rings (SSSR count). The molecular weight excluding hydrogens is 330 g/mol. The summed E-state index contributed by atoms with van der Waals surface area (Å²) in [4.78, 5) is 14.0. The molecule has 23 heavy (non-hydrogen) atoms. The largest absolute Gasteiger partial charge is 0.347 e. The lowest BCUT2D eigenvalue weighted by molar-refractivity contribution is 0.0924. The van der Waals surface area contributed by atoms with Gasteiger partial charge in [-0.3, -0.25) is 4.79 Å². The van der Waals surface area contributed by atoms with Gasteiger partial charge in [-0.05, 0) is 58.0 Å². The number of halogens is 1. The summed E-state index contributed by atoms with van der Waals surface area (Å²) >= 11 is 7.40. The van der Waals surface area contributed by atoms with Crippen molar-refractivity contribution in [2.24, 2.45) is 0 Å². The van der Waals surface area contributed by atoms with Gasteiger partial charge >= 0.3 is 0 Å². The Kier molecular flexibility index (Phi) is 3.94. The van der Waals surface area contributed by atoms with E-state index in [1.165, 1.54) is 11.3 Å². The highest BCUT2D eigenvalue weighted by Crippen LogP contribution is 2.30. The zero-order chi connectivity index (χ0) is 16.8. The number of hydrogen-bond acceptors (Lipinski definition) is 3. The van der Waals surface area contributed by atoms with E-state index in [9.17, 15) is 4.79 Å². The van der Waals surface area contributed by atoms with Gasteiger partial charge in [0, 0.05) is 15.9 Å². The third-order valence-electron chi connectivity index (χ3n) is 3.33. The Balaban J connectivity index is 2.05. The molecule has 0 bridgehead atoms. The van der Waals surface area contributed by atoms with Gasteiger partial charge in [0.1, 0.15) is 4.83 Å². The summed E-state index contributed by atoms with van der Waals surface area (Å²) in [7, 11) is 0. The van der Waals surface area contributed by atoms with Gasteiger partial charge in [0.2, 0.25) is 0 Å². The predicted molar refractivity (Wildman–Crippen MR) is 95.9 cm³/mol. The lowest BCUT2D eigenvalue weighted by Crippen LogP contribution is -2.40. The molecule has 0 saturated heterocycles. The van der Waals surface area contributed by atoms with E-state index in [1.54, 1.807) is 0 Å². The smallest absolute Gasteiger partial charge is 0.261 e. The minimum Gasteiger partial charge on any atom is -0.347 e. The van der Waals surface area contributed by atoms with Crippen LogP contribution in [0.5, 0.6) is 0 Å². The highest BCUT2D eigenvalue weighted by Gasteiger charge is 2.20. The average molecular weight is 348 g/mol. The molecule has 0 saturated carbocycles. The number of benzene rings is 1. The van der Waals surface area contributed by atoms with Crippen LogP contribution in [0.3, 0.4) is 0 Å². The number of amides is 1. The van der Waals surface area contributed by atoms with Crippen molar-refractivity contribution in [3.05, 3.63) is 45.9 Å². The highest BCUT2D eigenvalue weighted by molar-refractivity contribution is 7.20. The van der Waals surface area contributed by atoms with E-state index < -0.39 is 0 Å². The van der Waals surface area contributed by atoms with E-state index in [-0.39, 0.29) is 11.4 Å². The first-order valence-electron chi connectivity index (χ1n) is 7.32. The summed E-state index contributed by atoms with van der Waals surface area (Å²) in [6, 6.07) is 9.42.